The van der Waals surface area contributed by atoms with Gasteiger partial charge in [0.2, 0.25) is 0 Å². The van der Waals surface area contributed by atoms with Gasteiger partial charge in [-0.25, -0.2) is 4.79 Å². The first-order chi connectivity index (χ1) is 13.6. The fourth-order valence-corrected chi connectivity index (χ4v) is 2.91. The minimum absolute atomic E-state index is 0.180. The Kier molecular flexibility index (Phi) is 6.41. The van der Waals surface area contributed by atoms with Crippen LogP contribution in [0.5, 0.6) is 0 Å². The van der Waals surface area contributed by atoms with E-state index in [1.54, 1.807) is 28.9 Å². The number of carbonyl (C=O) groups is 2. The topological polar surface area (TPSA) is 87.7 Å². The van der Waals surface area contributed by atoms with Crippen molar-refractivity contribution in [1.29, 1.82) is 0 Å². The zero-order valence-corrected chi connectivity index (χ0v) is 16.2. The fourth-order valence-electron chi connectivity index (χ4n) is 2.91. The Morgan fingerprint density at radius 3 is 2.29 bits per heavy atom. The summed E-state index contributed by atoms with van der Waals surface area (Å²) in [4.78, 5) is 27.6. The highest BCUT2D eigenvalue weighted by molar-refractivity contribution is 5.92. The Labute approximate surface area is 164 Å². The van der Waals surface area contributed by atoms with E-state index in [-0.39, 0.29) is 12.0 Å². The highest BCUT2D eigenvalue weighted by Crippen LogP contribution is 2.11. The lowest BCUT2D eigenvalue weighted by molar-refractivity contribution is 0.0565. The largest absolute Gasteiger partial charge is 0.450 e. The van der Waals surface area contributed by atoms with Gasteiger partial charge in [-0.15, -0.1) is 10.2 Å². The third-order valence-corrected chi connectivity index (χ3v) is 4.57. The van der Waals surface area contributed by atoms with E-state index < -0.39 is 0 Å². The number of benzene rings is 1. The number of hydrogen-bond acceptors (Lipinski definition) is 6. The summed E-state index contributed by atoms with van der Waals surface area (Å²) in [5, 5.41) is 11.4. The van der Waals surface area contributed by atoms with E-state index in [2.05, 4.69) is 46.7 Å². The van der Waals surface area contributed by atoms with Crippen molar-refractivity contribution in [3.8, 4) is 0 Å². The molecule has 0 radical (unpaired) electrons. The van der Waals surface area contributed by atoms with Gasteiger partial charge in [0.15, 0.2) is 5.69 Å². The minimum atomic E-state index is -0.335. The van der Waals surface area contributed by atoms with Crippen molar-refractivity contribution in [2.24, 2.45) is 0 Å². The number of hydrogen-bond donors (Lipinski definition) is 1. The maximum absolute atomic E-state index is 12.6. The van der Waals surface area contributed by atoms with Crippen LogP contribution < -0.4 is 5.32 Å². The number of aryl methyl sites for hydroxylation is 1. The molecule has 1 aliphatic rings. The monoisotopic (exact) mass is 383 g/mol. The quantitative estimate of drug-likeness (QED) is 0.853. The van der Waals surface area contributed by atoms with Gasteiger partial charge in [-0.3, -0.25) is 4.79 Å². The number of amides is 2. The van der Waals surface area contributed by atoms with Gasteiger partial charge in [-0.2, -0.15) is 0 Å². The first-order valence-corrected chi connectivity index (χ1v) is 9.41. The second-order valence-electron chi connectivity index (χ2n) is 6.62. The smallest absolute Gasteiger partial charge is 0.409 e. The normalized spacial score (nSPS) is 13.9. The van der Waals surface area contributed by atoms with Crippen molar-refractivity contribution in [2.45, 2.75) is 20.4 Å². The first-order valence-electron chi connectivity index (χ1n) is 9.41. The van der Waals surface area contributed by atoms with Gasteiger partial charge in [-0.1, -0.05) is 29.8 Å². The predicted molar refractivity (Wildman–Crippen MR) is 105 cm³/mol. The Balaban J connectivity index is 1.51. The highest BCUT2D eigenvalue weighted by Gasteiger charge is 2.26. The number of rotatable bonds is 5. The standard InChI is InChI=1S/C20H25N5O3/c1-3-28-20(27)25-12-10-24(11-13-25)19(26)17-8-9-18(23-22-17)21-14-16-6-4-15(2)5-7-16/h4-9H,3,10-14H2,1-2H3,(H,21,23). The second kappa shape index (κ2) is 9.16. The molecule has 148 valence electrons. The Morgan fingerprint density at radius 2 is 1.68 bits per heavy atom. The molecule has 1 aliphatic heterocycles. The third-order valence-electron chi connectivity index (χ3n) is 4.57. The van der Waals surface area contributed by atoms with Crippen molar-refractivity contribution in [3.63, 3.8) is 0 Å². The van der Waals surface area contributed by atoms with Crippen LogP contribution in [0.2, 0.25) is 0 Å². The summed E-state index contributed by atoms with van der Waals surface area (Å²) in [7, 11) is 0. The molecule has 8 heteroatoms. The van der Waals surface area contributed by atoms with Gasteiger partial charge < -0.3 is 19.9 Å². The molecule has 1 saturated heterocycles. The molecule has 0 atom stereocenters. The van der Waals surface area contributed by atoms with Crippen LogP contribution in [0, 0.1) is 6.92 Å². The number of piperazine rings is 1. The molecule has 1 N–H and O–H groups in total. The molecule has 2 amide bonds. The molecule has 1 aromatic heterocycles. The van der Waals surface area contributed by atoms with Crippen LogP contribution in [0.1, 0.15) is 28.5 Å². The molecule has 0 spiro atoms. The summed E-state index contributed by atoms with van der Waals surface area (Å²) in [6.45, 7) is 6.61. The third kappa shape index (κ3) is 4.97. The molecule has 0 unspecified atom stereocenters. The molecule has 3 rings (SSSR count). The van der Waals surface area contributed by atoms with E-state index >= 15 is 0 Å². The summed E-state index contributed by atoms with van der Waals surface area (Å²) in [5.74, 6) is 0.436. The van der Waals surface area contributed by atoms with Crippen LogP contribution >= 0.6 is 0 Å². The molecule has 0 saturated carbocycles. The Hall–Kier alpha value is -3.16. The van der Waals surface area contributed by atoms with Crippen molar-refractivity contribution in [1.82, 2.24) is 20.0 Å². The van der Waals surface area contributed by atoms with Crippen molar-refractivity contribution >= 4 is 17.8 Å². The molecule has 1 fully saturated rings. The average Bonchev–Trinajstić information content (AvgIpc) is 2.73. The lowest BCUT2D eigenvalue weighted by atomic mass is 10.1. The maximum Gasteiger partial charge on any atom is 0.409 e. The predicted octanol–water partition coefficient (Wildman–Crippen LogP) is 2.31. The summed E-state index contributed by atoms with van der Waals surface area (Å²) in [5.41, 5.74) is 2.66. The van der Waals surface area contributed by atoms with Gasteiger partial charge >= 0.3 is 6.09 Å². The van der Waals surface area contributed by atoms with E-state index in [9.17, 15) is 9.59 Å². The fraction of sp³-hybridized carbons (Fsp3) is 0.400. The lowest BCUT2D eigenvalue weighted by Gasteiger charge is -2.33. The zero-order valence-electron chi connectivity index (χ0n) is 16.2. The number of anilines is 1. The molecule has 0 bridgehead atoms. The van der Waals surface area contributed by atoms with Crippen LogP contribution in [-0.4, -0.2) is 64.8 Å². The molecule has 2 heterocycles. The van der Waals surface area contributed by atoms with Crippen molar-refractivity contribution in [3.05, 3.63) is 53.2 Å². The number of ether oxygens (including phenoxy) is 1. The molecule has 28 heavy (non-hydrogen) atoms. The van der Waals surface area contributed by atoms with E-state index in [0.717, 1.165) is 5.56 Å². The average molecular weight is 383 g/mol. The molecule has 8 nitrogen and oxygen atoms in total. The van der Waals surface area contributed by atoms with E-state index in [0.29, 0.717) is 50.8 Å². The molecular formula is C20H25N5O3. The van der Waals surface area contributed by atoms with Gasteiger partial charge in [0.1, 0.15) is 5.82 Å². The first kappa shape index (κ1) is 19.6. The van der Waals surface area contributed by atoms with Gasteiger partial charge in [-0.05, 0) is 31.5 Å². The maximum atomic E-state index is 12.6. The van der Waals surface area contributed by atoms with Gasteiger partial charge in [0.05, 0.1) is 6.61 Å². The van der Waals surface area contributed by atoms with E-state index in [1.165, 1.54) is 5.56 Å². The van der Waals surface area contributed by atoms with Gasteiger partial charge in [0.25, 0.3) is 5.91 Å². The van der Waals surface area contributed by atoms with Crippen LogP contribution in [0.3, 0.4) is 0 Å². The SMILES string of the molecule is CCOC(=O)N1CCN(C(=O)c2ccc(NCc3ccc(C)cc3)nn2)CC1. The van der Waals surface area contributed by atoms with Crippen LogP contribution in [0.4, 0.5) is 10.6 Å². The Morgan fingerprint density at radius 1 is 1.00 bits per heavy atom. The van der Waals surface area contributed by atoms with Crippen molar-refractivity contribution in [2.75, 3.05) is 38.1 Å². The van der Waals surface area contributed by atoms with Crippen molar-refractivity contribution < 1.29 is 14.3 Å². The zero-order chi connectivity index (χ0) is 19.9. The van der Waals surface area contributed by atoms with E-state index in [1.807, 2.05) is 0 Å². The van der Waals surface area contributed by atoms with E-state index in [4.69, 9.17) is 4.74 Å². The molecule has 2 aromatic rings. The Bertz CT molecular complexity index is 800. The van der Waals surface area contributed by atoms with Crippen LogP contribution in [-0.2, 0) is 11.3 Å². The van der Waals surface area contributed by atoms with Crippen LogP contribution in [0.15, 0.2) is 36.4 Å². The number of nitrogens with zero attached hydrogens (tertiary/aromatic N) is 4. The van der Waals surface area contributed by atoms with Crippen LogP contribution in [0.25, 0.3) is 0 Å². The molecule has 0 aliphatic carbocycles. The second-order valence-corrected chi connectivity index (χ2v) is 6.62. The summed E-state index contributed by atoms with van der Waals surface area (Å²) >= 11 is 0. The summed E-state index contributed by atoms with van der Waals surface area (Å²) in [6.07, 6.45) is -0.335. The molecular weight excluding hydrogens is 358 g/mol. The minimum Gasteiger partial charge on any atom is -0.450 e. The molecule has 1 aromatic carbocycles. The number of carbonyl (C=O) groups excluding carboxylic acids is 2. The lowest BCUT2D eigenvalue weighted by Crippen LogP contribution is -2.50. The summed E-state index contributed by atoms with van der Waals surface area (Å²) < 4.78 is 4.99. The number of nitrogens with one attached hydrogen (secondary N) is 1. The van der Waals surface area contributed by atoms with Gasteiger partial charge in [0, 0.05) is 32.7 Å². The summed E-state index contributed by atoms with van der Waals surface area (Å²) in [6, 6.07) is 11.7. The highest BCUT2D eigenvalue weighted by atomic mass is 16.6. The number of aromatic nitrogens is 2.